The molecule has 0 aliphatic heterocycles. The molecule has 0 bridgehead atoms. The van der Waals surface area contributed by atoms with Gasteiger partial charge in [0.15, 0.2) is 0 Å². The van der Waals surface area contributed by atoms with Crippen LogP contribution in [-0.4, -0.2) is 16.7 Å². The van der Waals surface area contributed by atoms with Crippen LogP contribution in [0.3, 0.4) is 0 Å². The Balaban J connectivity index is 2.12. The predicted octanol–water partition coefficient (Wildman–Crippen LogP) is 3.96. The summed E-state index contributed by atoms with van der Waals surface area (Å²) >= 11 is 9.07. The van der Waals surface area contributed by atoms with E-state index in [1.807, 2.05) is 0 Å². The first-order valence-corrected chi connectivity index (χ1v) is 7.23. The molecule has 108 valence electrons. The molecule has 0 atom stereocenters. The Hall–Kier alpha value is -1.85. The number of amides is 1. The monoisotopic (exact) mass is 366 g/mol. The van der Waals surface area contributed by atoms with Gasteiger partial charge < -0.3 is 5.11 Å². The van der Waals surface area contributed by atoms with Crippen molar-refractivity contribution >= 4 is 39.1 Å². The average Bonchev–Trinajstić information content (AvgIpc) is 2.45. The van der Waals surface area contributed by atoms with Crippen LogP contribution in [0.5, 0.6) is 5.75 Å². The number of hydrogen-bond acceptors (Lipinski definition) is 3. The second kappa shape index (κ2) is 6.74. The lowest BCUT2D eigenvalue weighted by Crippen LogP contribution is -2.19. The summed E-state index contributed by atoms with van der Waals surface area (Å²) in [5.74, 6) is -0.308. The van der Waals surface area contributed by atoms with Gasteiger partial charge in [-0.2, -0.15) is 5.10 Å². The van der Waals surface area contributed by atoms with E-state index in [4.69, 9.17) is 11.6 Å². The quantitative estimate of drug-likeness (QED) is 0.637. The zero-order chi connectivity index (χ0) is 15.4. The van der Waals surface area contributed by atoms with Crippen molar-refractivity contribution in [2.24, 2.45) is 5.10 Å². The normalized spacial score (nSPS) is 11.3. The molecule has 0 saturated heterocycles. The molecule has 2 aromatic rings. The van der Waals surface area contributed by atoms with Crippen LogP contribution in [0.15, 0.2) is 52.0 Å². The topological polar surface area (TPSA) is 61.7 Å². The number of hydrazone groups is 1. The van der Waals surface area contributed by atoms with Gasteiger partial charge in [0.05, 0.1) is 5.71 Å². The predicted molar refractivity (Wildman–Crippen MR) is 86.9 cm³/mol. The van der Waals surface area contributed by atoms with E-state index in [0.29, 0.717) is 21.9 Å². The van der Waals surface area contributed by atoms with Crippen LogP contribution in [-0.2, 0) is 0 Å². The van der Waals surface area contributed by atoms with E-state index in [1.165, 1.54) is 6.07 Å². The van der Waals surface area contributed by atoms with E-state index in [1.54, 1.807) is 43.3 Å². The molecular formula is C15H12BrClN2O2. The number of aromatic hydroxyl groups is 1. The van der Waals surface area contributed by atoms with E-state index in [9.17, 15) is 9.90 Å². The maximum absolute atomic E-state index is 11.9. The van der Waals surface area contributed by atoms with Gasteiger partial charge >= 0.3 is 0 Å². The first kappa shape index (κ1) is 15.5. The Morgan fingerprint density at radius 2 is 1.90 bits per heavy atom. The van der Waals surface area contributed by atoms with Crippen LogP contribution in [0.1, 0.15) is 22.8 Å². The Bertz CT molecular complexity index is 699. The van der Waals surface area contributed by atoms with Crippen molar-refractivity contribution in [3.05, 3.63) is 63.1 Å². The van der Waals surface area contributed by atoms with Gasteiger partial charge in [-0.1, -0.05) is 27.5 Å². The summed E-state index contributed by atoms with van der Waals surface area (Å²) in [5.41, 5.74) is 3.93. The number of nitrogens with one attached hydrogen (secondary N) is 1. The zero-order valence-corrected chi connectivity index (χ0v) is 13.4. The molecular weight excluding hydrogens is 356 g/mol. The third-order valence-corrected chi connectivity index (χ3v) is 3.54. The van der Waals surface area contributed by atoms with E-state index < -0.39 is 0 Å². The fourth-order valence-electron chi connectivity index (χ4n) is 1.67. The molecule has 6 heteroatoms. The first-order valence-electron chi connectivity index (χ1n) is 6.06. The third kappa shape index (κ3) is 4.06. The molecule has 0 radical (unpaired) electrons. The molecule has 0 saturated carbocycles. The summed E-state index contributed by atoms with van der Waals surface area (Å²) in [7, 11) is 0. The maximum Gasteiger partial charge on any atom is 0.271 e. The molecule has 1 amide bonds. The molecule has 4 nitrogen and oxygen atoms in total. The van der Waals surface area contributed by atoms with Gasteiger partial charge in [-0.25, -0.2) is 5.43 Å². The van der Waals surface area contributed by atoms with E-state index >= 15 is 0 Å². The minimum absolute atomic E-state index is 0.0154. The number of rotatable bonds is 3. The minimum Gasteiger partial charge on any atom is -0.507 e. The summed E-state index contributed by atoms with van der Waals surface area (Å²) in [6.07, 6.45) is 0. The van der Waals surface area contributed by atoms with Crippen LogP contribution in [0.25, 0.3) is 0 Å². The number of carbonyl (C=O) groups excluding carboxylic acids is 1. The van der Waals surface area contributed by atoms with Gasteiger partial charge in [0.25, 0.3) is 5.91 Å². The summed E-state index contributed by atoms with van der Waals surface area (Å²) < 4.78 is 0.893. The highest BCUT2D eigenvalue weighted by molar-refractivity contribution is 9.10. The smallest absolute Gasteiger partial charge is 0.271 e. The lowest BCUT2D eigenvalue weighted by atomic mass is 10.1. The van der Waals surface area contributed by atoms with Crippen LogP contribution in [0, 0.1) is 0 Å². The molecule has 2 aromatic carbocycles. The Morgan fingerprint density at radius 1 is 1.24 bits per heavy atom. The summed E-state index contributed by atoms with van der Waals surface area (Å²) in [4.78, 5) is 11.9. The number of halogens is 2. The molecule has 0 spiro atoms. The zero-order valence-electron chi connectivity index (χ0n) is 11.1. The van der Waals surface area contributed by atoms with Gasteiger partial charge in [0.1, 0.15) is 5.75 Å². The molecule has 0 aromatic heterocycles. The summed E-state index contributed by atoms with van der Waals surface area (Å²) in [5, 5.41) is 14.2. The Kier molecular flexibility index (Phi) is 4.98. The second-order valence-corrected chi connectivity index (χ2v) is 5.66. The maximum atomic E-state index is 11.9. The SMILES string of the molecule is C/C(=N\NC(=O)c1ccc(Br)cc1)c1ccc(Cl)cc1O. The largest absolute Gasteiger partial charge is 0.507 e. The van der Waals surface area contributed by atoms with Gasteiger partial charge in [0.2, 0.25) is 0 Å². The number of nitrogens with zero attached hydrogens (tertiary/aromatic N) is 1. The van der Waals surface area contributed by atoms with Gasteiger partial charge in [-0.15, -0.1) is 0 Å². The molecule has 0 heterocycles. The van der Waals surface area contributed by atoms with E-state index in [2.05, 4.69) is 26.5 Å². The van der Waals surface area contributed by atoms with Crippen molar-refractivity contribution in [2.75, 3.05) is 0 Å². The molecule has 21 heavy (non-hydrogen) atoms. The molecule has 0 aliphatic carbocycles. The van der Waals surface area contributed by atoms with Crippen LogP contribution >= 0.6 is 27.5 Å². The van der Waals surface area contributed by atoms with E-state index in [0.717, 1.165) is 4.47 Å². The van der Waals surface area contributed by atoms with Crippen molar-refractivity contribution in [3.8, 4) is 5.75 Å². The minimum atomic E-state index is -0.324. The van der Waals surface area contributed by atoms with Crippen LogP contribution in [0.2, 0.25) is 5.02 Å². The van der Waals surface area contributed by atoms with E-state index in [-0.39, 0.29) is 11.7 Å². The number of phenols is 1. The standard InChI is InChI=1S/C15H12BrClN2O2/c1-9(13-7-6-12(17)8-14(13)20)18-19-15(21)10-2-4-11(16)5-3-10/h2-8,20H,1H3,(H,19,21)/b18-9+. The van der Waals surface area contributed by atoms with Crippen LogP contribution in [0.4, 0.5) is 0 Å². The Morgan fingerprint density at radius 3 is 2.52 bits per heavy atom. The first-order chi connectivity index (χ1) is 9.97. The lowest BCUT2D eigenvalue weighted by Gasteiger charge is -2.05. The molecule has 2 rings (SSSR count). The lowest BCUT2D eigenvalue weighted by molar-refractivity contribution is 0.0955. The van der Waals surface area contributed by atoms with Crippen LogP contribution < -0.4 is 5.43 Å². The fourth-order valence-corrected chi connectivity index (χ4v) is 2.10. The average molecular weight is 368 g/mol. The highest BCUT2D eigenvalue weighted by atomic mass is 79.9. The molecule has 0 fully saturated rings. The summed E-state index contributed by atoms with van der Waals surface area (Å²) in [6.45, 7) is 1.69. The van der Waals surface area contributed by atoms with Crippen molar-refractivity contribution in [3.63, 3.8) is 0 Å². The van der Waals surface area contributed by atoms with Gasteiger partial charge in [-0.3, -0.25) is 4.79 Å². The van der Waals surface area contributed by atoms with Crippen molar-refractivity contribution in [2.45, 2.75) is 6.92 Å². The third-order valence-electron chi connectivity index (χ3n) is 2.78. The second-order valence-electron chi connectivity index (χ2n) is 4.31. The number of hydrogen-bond donors (Lipinski definition) is 2. The van der Waals surface area contributed by atoms with Gasteiger partial charge in [-0.05, 0) is 49.4 Å². The van der Waals surface area contributed by atoms with Gasteiger partial charge in [0, 0.05) is 20.6 Å². The molecule has 2 N–H and O–H groups in total. The van der Waals surface area contributed by atoms with Crippen molar-refractivity contribution in [1.29, 1.82) is 0 Å². The Labute approximate surface area is 135 Å². The molecule has 0 aliphatic rings. The highest BCUT2D eigenvalue weighted by Crippen LogP contribution is 2.22. The van der Waals surface area contributed by atoms with Crippen molar-refractivity contribution < 1.29 is 9.90 Å². The number of carbonyl (C=O) groups is 1. The fraction of sp³-hybridized carbons (Fsp3) is 0.0667. The summed E-state index contributed by atoms with van der Waals surface area (Å²) in [6, 6.07) is 11.6. The highest BCUT2D eigenvalue weighted by Gasteiger charge is 2.07. The number of phenolic OH excluding ortho intramolecular Hbond substituents is 1. The molecule has 0 unspecified atom stereocenters. The number of benzene rings is 2. The van der Waals surface area contributed by atoms with Crippen molar-refractivity contribution in [1.82, 2.24) is 5.43 Å².